The molecule has 2 aliphatic heterocycles. The van der Waals surface area contributed by atoms with E-state index < -0.39 is 0 Å². The molecule has 3 fully saturated rings. The highest BCUT2D eigenvalue weighted by molar-refractivity contribution is 5.78. The smallest absolute Gasteiger partial charge is 0.222 e. The number of carbonyl (C=O) groups is 1. The monoisotopic (exact) mass is 330 g/mol. The summed E-state index contributed by atoms with van der Waals surface area (Å²) in [5, 5.41) is 0. The highest BCUT2D eigenvalue weighted by Gasteiger charge is 2.45. The van der Waals surface area contributed by atoms with Gasteiger partial charge in [-0.15, -0.1) is 0 Å². The molecule has 5 nitrogen and oxygen atoms in total. The number of amides is 1. The molecular formula is C19H30N4O. The molecule has 0 unspecified atom stereocenters. The maximum absolute atomic E-state index is 12.2. The normalized spacial score (nSPS) is 28.7. The second kappa shape index (κ2) is 6.51. The van der Waals surface area contributed by atoms with E-state index in [-0.39, 0.29) is 0 Å². The fraction of sp³-hybridized carbons (Fsp3) is 0.789. The minimum atomic E-state index is 0.375. The molecule has 3 heterocycles. The third-order valence-electron chi connectivity index (χ3n) is 6.22. The molecule has 0 aromatic carbocycles. The predicted octanol–water partition coefficient (Wildman–Crippen LogP) is 2.45. The summed E-state index contributed by atoms with van der Waals surface area (Å²) in [6.45, 7) is 7.72. The lowest BCUT2D eigenvalue weighted by Crippen LogP contribution is -2.54. The number of nitrogens with zero attached hydrogens (tertiary/aromatic N) is 4. The van der Waals surface area contributed by atoms with Crippen molar-refractivity contribution >= 4 is 5.91 Å². The Balaban J connectivity index is 1.31. The molecule has 0 bridgehead atoms. The third kappa shape index (κ3) is 3.37. The second-order valence-electron chi connectivity index (χ2n) is 8.15. The van der Waals surface area contributed by atoms with Crippen molar-refractivity contribution in [2.45, 2.75) is 64.5 Å². The van der Waals surface area contributed by atoms with Crippen molar-refractivity contribution in [2.75, 3.05) is 26.2 Å². The molecule has 3 aliphatic rings. The van der Waals surface area contributed by atoms with E-state index in [1.54, 1.807) is 0 Å². The van der Waals surface area contributed by atoms with Crippen molar-refractivity contribution in [1.29, 1.82) is 0 Å². The molecule has 1 aromatic heterocycles. The van der Waals surface area contributed by atoms with Crippen LogP contribution >= 0.6 is 0 Å². The third-order valence-corrected chi connectivity index (χ3v) is 6.22. The van der Waals surface area contributed by atoms with E-state index in [0.717, 1.165) is 38.3 Å². The van der Waals surface area contributed by atoms with Crippen LogP contribution in [0.4, 0.5) is 0 Å². The molecule has 132 valence electrons. The van der Waals surface area contributed by atoms with Gasteiger partial charge in [-0.05, 0) is 58.5 Å². The Hall–Kier alpha value is -1.36. The van der Waals surface area contributed by atoms with Crippen LogP contribution in [-0.2, 0) is 11.3 Å². The first-order valence-corrected chi connectivity index (χ1v) is 9.65. The van der Waals surface area contributed by atoms with Gasteiger partial charge >= 0.3 is 0 Å². The number of carbonyl (C=O) groups excluding carboxylic acids is 1. The Morgan fingerprint density at radius 2 is 2.12 bits per heavy atom. The fourth-order valence-corrected chi connectivity index (χ4v) is 4.70. The van der Waals surface area contributed by atoms with E-state index >= 15 is 0 Å². The molecule has 24 heavy (non-hydrogen) atoms. The Kier molecular flexibility index (Phi) is 4.37. The van der Waals surface area contributed by atoms with Gasteiger partial charge < -0.3 is 14.4 Å². The van der Waals surface area contributed by atoms with Crippen LogP contribution < -0.4 is 0 Å². The van der Waals surface area contributed by atoms with E-state index in [4.69, 9.17) is 0 Å². The van der Waals surface area contributed by atoms with E-state index in [9.17, 15) is 4.79 Å². The van der Waals surface area contributed by atoms with E-state index in [1.165, 1.54) is 45.2 Å². The van der Waals surface area contributed by atoms with Gasteiger partial charge in [-0.25, -0.2) is 4.98 Å². The second-order valence-corrected chi connectivity index (χ2v) is 8.15. The number of likely N-dealkylation sites (tertiary alicyclic amines) is 2. The van der Waals surface area contributed by atoms with Gasteiger partial charge in [0.1, 0.15) is 5.82 Å². The van der Waals surface area contributed by atoms with Crippen molar-refractivity contribution in [1.82, 2.24) is 19.4 Å². The van der Waals surface area contributed by atoms with Crippen LogP contribution in [0.5, 0.6) is 0 Å². The maximum atomic E-state index is 12.2. The molecular weight excluding hydrogens is 300 g/mol. The number of aromatic nitrogens is 2. The summed E-state index contributed by atoms with van der Waals surface area (Å²) in [4.78, 5) is 21.4. The van der Waals surface area contributed by atoms with Gasteiger partial charge in [0.2, 0.25) is 5.91 Å². The van der Waals surface area contributed by atoms with E-state index in [0.29, 0.717) is 17.4 Å². The standard InChI is InChI=1S/C19H30N4O/c1-16-20-9-13-22(16)12-3-11-21-10-2-7-19(14-21)8-6-18(24)23(15-19)17-4-5-17/h9,13,17H,2-8,10-12,14-15H2,1H3/t19-/m0/s1. The topological polar surface area (TPSA) is 41.4 Å². The largest absolute Gasteiger partial charge is 0.339 e. The minimum absolute atomic E-state index is 0.375. The number of hydrogen-bond acceptors (Lipinski definition) is 3. The summed E-state index contributed by atoms with van der Waals surface area (Å²) in [6, 6.07) is 0.578. The van der Waals surface area contributed by atoms with Gasteiger partial charge in [-0.3, -0.25) is 4.79 Å². The molecule has 0 radical (unpaired) electrons. The highest BCUT2D eigenvalue weighted by Crippen LogP contribution is 2.42. The van der Waals surface area contributed by atoms with E-state index in [2.05, 4.69) is 32.5 Å². The average Bonchev–Trinajstić information content (AvgIpc) is 3.34. The molecule has 1 saturated carbocycles. The van der Waals surface area contributed by atoms with Gasteiger partial charge in [0, 0.05) is 49.9 Å². The number of rotatable bonds is 5. The van der Waals surface area contributed by atoms with Crippen LogP contribution in [0, 0.1) is 12.3 Å². The predicted molar refractivity (Wildman–Crippen MR) is 93.7 cm³/mol. The summed E-state index contributed by atoms with van der Waals surface area (Å²) >= 11 is 0. The molecule has 1 amide bonds. The van der Waals surface area contributed by atoms with Gasteiger partial charge in [-0.1, -0.05) is 0 Å². The van der Waals surface area contributed by atoms with Crippen LogP contribution in [0.2, 0.25) is 0 Å². The van der Waals surface area contributed by atoms with Crippen LogP contribution in [0.25, 0.3) is 0 Å². The SMILES string of the molecule is Cc1nccn1CCCN1CCC[C@]2(CCC(=O)N(C3CC3)C2)C1. The molecule has 1 spiro atoms. The van der Waals surface area contributed by atoms with Crippen molar-refractivity contribution < 1.29 is 4.79 Å². The van der Waals surface area contributed by atoms with Gasteiger partial charge in [0.05, 0.1) is 0 Å². The summed E-state index contributed by atoms with van der Waals surface area (Å²) in [6.07, 6.45) is 12.1. The number of piperidine rings is 2. The Morgan fingerprint density at radius 1 is 1.25 bits per heavy atom. The fourth-order valence-electron chi connectivity index (χ4n) is 4.70. The van der Waals surface area contributed by atoms with Crippen molar-refractivity contribution in [2.24, 2.45) is 5.41 Å². The number of imidazole rings is 1. The first kappa shape index (κ1) is 16.1. The first-order valence-electron chi connectivity index (χ1n) is 9.65. The summed E-state index contributed by atoms with van der Waals surface area (Å²) in [5.74, 6) is 1.52. The summed E-state index contributed by atoms with van der Waals surface area (Å²) in [7, 11) is 0. The van der Waals surface area contributed by atoms with E-state index in [1.807, 2.05) is 6.20 Å². The molecule has 1 atom stereocenters. The molecule has 5 heteroatoms. The van der Waals surface area contributed by atoms with Crippen LogP contribution in [-0.4, -0.2) is 57.5 Å². The molecule has 2 saturated heterocycles. The van der Waals surface area contributed by atoms with Crippen molar-refractivity contribution in [3.63, 3.8) is 0 Å². The van der Waals surface area contributed by atoms with Gasteiger partial charge in [-0.2, -0.15) is 0 Å². The maximum Gasteiger partial charge on any atom is 0.222 e. The molecule has 4 rings (SSSR count). The van der Waals surface area contributed by atoms with Gasteiger partial charge in [0.25, 0.3) is 0 Å². The Bertz CT molecular complexity index is 594. The highest BCUT2D eigenvalue weighted by atomic mass is 16.2. The van der Waals surface area contributed by atoms with Crippen molar-refractivity contribution in [3.8, 4) is 0 Å². The Morgan fingerprint density at radius 3 is 2.88 bits per heavy atom. The zero-order chi connectivity index (χ0) is 16.6. The van der Waals surface area contributed by atoms with Crippen molar-refractivity contribution in [3.05, 3.63) is 18.2 Å². The lowest BCUT2D eigenvalue weighted by atomic mass is 9.73. The van der Waals surface area contributed by atoms with Crippen LogP contribution in [0.3, 0.4) is 0 Å². The van der Waals surface area contributed by atoms with Crippen LogP contribution in [0.15, 0.2) is 12.4 Å². The lowest BCUT2D eigenvalue weighted by Gasteiger charge is -2.48. The molecule has 1 aliphatic carbocycles. The average molecular weight is 330 g/mol. The lowest BCUT2D eigenvalue weighted by molar-refractivity contribution is -0.140. The summed E-state index contributed by atoms with van der Waals surface area (Å²) < 4.78 is 2.24. The minimum Gasteiger partial charge on any atom is -0.339 e. The zero-order valence-electron chi connectivity index (χ0n) is 14.9. The number of hydrogen-bond donors (Lipinski definition) is 0. The number of aryl methyl sites for hydroxylation is 2. The quantitative estimate of drug-likeness (QED) is 0.833. The summed E-state index contributed by atoms with van der Waals surface area (Å²) in [5.41, 5.74) is 0.375. The Labute approximate surface area is 145 Å². The zero-order valence-corrected chi connectivity index (χ0v) is 14.9. The van der Waals surface area contributed by atoms with Gasteiger partial charge in [0.15, 0.2) is 0 Å². The first-order chi connectivity index (χ1) is 11.7. The molecule has 1 aromatic rings. The van der Waals surface area contributed by atoms with Crippen LogP contribution in [0.1, 0.15) is 50.8 Å². The molecule has 0 N–H and O–H groups in total.